The predicted octanol–water partition coefficient (Wildman–Crippen LogP) is 27.8. The van der Waals surface area contributed by atoms with Crippen LogP contribution < -0.4 is 0 Å². The lowest BCUT2D eigenvalue weighted by atomic mass is 10.0. The van der Waals surface area contributed by atoms with Crippen molar-refractivity contribution in [3.8, 4) is 0 Å². The Hall–Kier alpha value is -4.31. The Labute approximate surface area is 625 Å². The van der Waals surface area contributed by atoms with Crippen LogP contribution in [0.25, 0.3) is 0 Å². The summed E-state index contributed by atoms with van der Waals surface area (Å²) in [6.45, 7) is 4.80. The fraction of sp³-hybridized carbons (Fsp3) is 0.750. The molecule has 0 saturated carbocycles. The monoisotopic (exact) mass is 1410 g/mol. The van der Waals surface area contributed by atoms with Crippen LogP contribution >= 0.6 is 0 Å². The lowest BCUT2D eigenvalue weighted by molar-refractivity contribution is -0.870. The Morgan fingerprint density at radius 1 is 0.307 bits per heavy atom. The third-order valence-corrected chi connectivity index (χ3v) is 18.7. The number of quaternary nitrogens is 1. The number of carboxylic acid groups (broad SMARTS) is 1. The molecule has 0 aromatic rings. The first-order valence-electron chi connectivity index (χ1n) is 42.7. The minimum atomic E-state index is -1.52. The summed E-state index contributed by atoms with van der Waals surface area (Å²) in [7, 11) is 5.99. The van der Waals surface area contributed by atoms with E-state index in [2.05, 4.69) is 135 Å². The normalized spacial score (nSPS) is 13.2. The number of carbonyl (C=O) groups excluding carboxylic acids is 2. The zero-order valence-corrected chi connectivity index (χ0v) is 66.8. The molecule has 0 aliphatic heterocycles. The van der Waals surface area contributed by atoms with Gasteiger partial charge in [-0.05, 0) is 109 Å². The van der Waals surface area contributed by atoms with E-state index in [1.54, 1.807) is 0 Å². The van der Waals surface area contributed by atoms with Gasteiger partial charge in [0.05, 0.1) is 34.4 Å². The molecule has 0 amide bonds. The van der Waals surface area contributed by atoms with E-state index in [4.69, 9.17) is 18.9 Å². The van der Waals surface area contributed by atoms with Gasteiger partial charge >= 0.3 is 17.9 Å². The van der Waals surface area contributed by atoms with Crippen LogP contribution in [0.1, 0.15) is 386 Å². The molecule has 0 radical (unpaired) electrons. The van der Waals surface area contributed by atoms with E-state index < -0.39 is 24.3 Å². The van der Waals surface area contributed by atoms with Crippen molar-refractivity contribution in [3.05, 3.63) is 122 Å². The summed E-state index contributed by atoms with van der Waals surface area (Å²) in [6, 6.07) is 0. The van der Waals surface area contributed by atoms with Gasteiger partial charge < -0.3 is 28.5 Å². The number of carboxylic acids is 1. The van der Waals surface area contributed by atoms with Crippen LogP contribution in [0.5, 0.6) is 0 Å². The zero-order valence-electron chi connectivity index (χ0n) is 66.8. The van der Waals surface area contributed by atoms with Crippen molar-refractivity contribution in [2.45, 2.75) is 399 Å². The Balaban J connectivity index is 4.01. The maximum Gasteiger partial charge on any atom is 0.361 e. The van der Waals surface area contributed by atoms with E-state index in [0.29, 0.717) is 23.9 Å². The number of hydrogen-bond acceptors (Lipinski definition) is 7. The molecule has 0 spiro atoms. The van der Waals surface area contributed by atoms with Crippen molar-refractivity contribution in [2.75, 3.05) is 47.5 Å². The maximum absolute atomic E-state index is 13.0. The topological polar surface area (TPSA) is 108 Å². The molecule has 0 bridgehead atoms. The number of ether oxygens (including phenoxy) is 4. The number of aliphatic carboxylic acids is 1. The van der Waals surface area contributed by atoms with Crippen LogP contribution in [-0.4, -0.2) is 87.4 Å². The van der Waals surface area contributed by atoms with E-state index in [-0.39, 0.29) is 32.2 Å². The summed E-state index contributed by atoms with van der Waals surface area (Å²) in [6.07, 6.45) is 114. The van der Waals surface area contributed by atoms with Gasteiger partial charge in [-0.3, -0.25) is 9.59 Å². The average Bonchev–Trinajstić information content (AvgIpc) is 1.25. The lowest BCUT2D eigenvalue weighted by Gasteiger charge is -2.25. The van der Waals surface area contributed by atoms with Gasteiger partial charge in [-0.15, -0.1) is 0 Å². The van der Waals surface area contributed by atoms with Gasteiger partial charge in [0.25, 0.3) is 6.29 Å². The summed E-state index contributed by atoms with van der Waals surface area (Å²) < 4.78 is 23.1. The Bertz CT molecular complexity index is 2090. The molecule has 582 valence electrons. The summed E-state index contributed by atoms with van der Waals surface area (Å²) in [4.78, 5) is 37.8. The maximum atomic E-state index is 13.0. The number of carbonyl (C=O) groups is 3. The van der Waals surface area contributed by atoms with Gasteiger partial charge in [0.15, 0.2) is 6.10 Å². The predicted molar refractivity (Wildman–Crippen MR) is 438 cm³/mol. The fourth-order valence-corrected chi connectivity index (χ4v) is 12.2. The zero-order chi connectivity index (χ0) is 73.2. The Morgan fingerprint density at radius 3 is 0.851 bits per heavy atom. The molecule has 9 heteroatoms. The molecule has 0 aromatic heterocycles. The van der Waals surface area contributed by atoms with Crippen LogP contribution in [0, 0.1) is 0 Å². The lowest BCUT2D eigenvalue weighted by Crippen LogP contribution is -2.40. The van der Waals surface area contributed by atoms with Gasteiger partial charge in [0.1, 0.15) is 13.2 Å². The van der Waals surface area contributed by atoms with Gasteiger partial charge in [-0.25, -0.2) is 4.79 Å². The Kier molecular flexibility index (Phi) is 77.9. The minimum absolute atomic E-state index is 0.183. The number of unbranched alkanes of at least 4 members (excludes halogenated alkanes) is 44. The summed E-state index contributed by atoms with van der Waals surface area (Å²) in [5, 5.41) is 9.78. The van der Waals surface area contributed by atoms with E-state index in [0.717, 1.165) is 103 Å². The number of allylic oxidation sites excluding steroid dienone is 20. The molecule has 9 nitrogen and oxygen atoms in total. The molecular weight excluding hydrogens is 1250 g/mol. The molecular formula is C92H162NO8+. The minimum Gasteiger partial charge on any atom is -0.477 e. The van der Waals surface area contributed by atoms with Crippen LogP contribution in [0.4, 0.5) is 0 Å². The number of esters is 2. The molecule has 0 saturated heterocycles. The highest BCUT2D eigenvalue weighted by Crippen LogP contribution is 2.19. The van der Waals surface area contributed by atoms with E-state index in [9.17, 15) is 19.5 Å². The molecule has 0 heterocycles. The van der Waals surface area contributed by atoms with Gasteiger partial charge in [-0.1, -0.05) is 386 Å². The smallest absolute Gasteiger partial charge is 0.361 e. The Morgan fingerprint density at radius 2 is 0.564 bits per heavy atom. The molecule has 0 rings (SSSR count). The molecule has 0 aromatic carbocycles. The van der Waals surface area contributed by atoms with Crippen LogP contribution in [-0.2, 0) is 33.3 Å². The van der Waals surface area contributed by atoms with Crippen molar-refractivity contribution in [2.24, 2.45) is 0 Å². The first-order valence-corrected chi connectivity index (χ1v) is 42.7. The van der Waals surface area contributed by atoms with Crippen molar-refractivity contribution in [1.82, 2.24) is 0 Å². The highest BCUT2D eigenvalue weighted by atomic mass is 16.7. The molecule has 101 heavy (non-hydrogen) atoms. The molecule has 0 aliphatic rings. The third kappa shape index (κ3) is 82.8. The van der Waals surface area contributed by atoms with Crippen molar-refractivity contribution in [3.63, 3.8) is 0 Å². The van der Waals surface area contributed by atoms with E-state index >= 15 is 0 Å². The number of hydrogen-bond donors (Lipinski definition) is 1. The van der Waals surface area contributed by atoms with Crippen molar-refractivity contribution < 1.29 is 42.9 Å². The third-order valence-electron chi connectivity index (χ3n) is 18.7. The quantitative estimate of drug-likeness (QED) is 0.0211. The summed E-state index contributed by atoms with van der Waals surface area (Å²) >= 11 is 0. The van der Waals surface area contributed by atoms with E-state index in [1.165, 1.54) is 250 Å². The van der Waals surface area contributed by atoms with Crippen LogP contribution in [0.15, 0.2) is 122 Å². The second kappa shape index (κ2) is 81.4. The van der Waals surface area contributed by atoms with Crippen molar-refractivity contribution in [1.29, 1.82) is 0 Å². The first-order chi connectivity index (χ1) is 49.6. The second-order valence-electron chi connectivity index (χ2n) is 29.8. The largest absolute Gasteiger partial charge is 0.477 e. The van der Waals surface area contributed by atoms with Gasteiger partial charge in [-0.2, -0.15) is 0 Å². The molecule has 1 N–H and O–H groups in total. The van der Waals surface area contributed by atoms with Crippen molar-refractivity contribution >= 4 is 17.9 Å². The number of nitrogens with zero attached hydrogens (tertiary/aromatic N) is 1. The number of likely N-dealkylation sites (N-methyl/N-ethyl adjacent to an activating group) is 1. The molecule has 0 fully saturated rings. The van der Waals surface area contributed by atoms with Crippen LogP contribution in [0.2, 0.25) is 0 Å². The van der Waals surface area contributed by atoms with Crippen LogP contribution in [0.3, 0.4) is 0 Å². The highest BCUT2D eigenvalue weighted by Gasteiger charge is 2.25. The first kappa shape index (κ1) is 96.7. The standard InChI is InChI=1S/C92H161NO8/c1-6-8-10-12-14-16-18-20-22-24-26-28-30-32-34-36-38-40-42-44-45-47-48-50-52-54-56-58-60-62-64-66-68-70-72-74-76-78-80-82-89(94)99-86-88(87-100-92(91(96)97)98-85-84-93(3,4)5)101-90(95)83-81-79-77-75-73-71-69-67-65-63-61-59-57-55-53-51-49-46-43-41-39-37-35-33-31-29-27-25-23-21-19-17-15-13-11-9-7-2/h9,11,15,17,21,23-24,26-27,29,33,35,39,41,46,49,53,55,59,61,88,92H,6-8,10,12-14,16,18-20,22,25,28,30-32,34,36-38,40,42-45,47-48,50-52,54,56-58,60,62-87H2,1-5H3/p+1/b11-9-,17-15-,23-21-,26-24-,29-27-,35-33-,41-39-,49-46-,55-53-,61-59-. The summed E-state index contributed by atoms with van der Waals surface area (Å²) in [5.41, 5.74) is 0. The highest BCUT2D eigenvalue weighted by molar-refractivity contribution is 5.71. The van der Waals surface area contributed by atoms with Gasteiger partial charge in [0.2, 0.25) is 0 Å². The molecule has 2 atom stereocenters. The van der Waals surface area contributed by atoms with E-state index in [1.807, 2.05) is 21.1 Å². The fourth-order valence-electron chi connectivity index (χ4n) is 12.2. The molecule has 2 unspecified atom stereocenters. The average molecular weight is 1410 g/mol. The molecule has 0 aliphatic carbocycles. The number of rotatable bonds is 79. The SMILES string of the molecule is CC/C=C\C/C=C\C/C=C\C/C=C\C/C=C\C/C=C\C/C=C\C/C=C\C/C=C\CCCCCCCCCCCC(=O)OC(COC(=O)CCCCCCCCCCCCCCCCCCCCCCCCCCCCC/C=C\CCCCCCCCCC)COC(OCC[N+](C)(C)C)C(=O)O. The summed E-state index contributed by atoms with van der Waals surface area (Å²) in [5.74, 6) is -2.00. The van der Waals surface area contributed by atoms with Gasteiger partial charge in [0, 0.05) is 12.8 Å². The second-order valence-corrected chi connectivity index (χ2v) is 29.8.